The number of ether oxygens (including phenoxy) is 3. The van der Waals surface area contributed by atoms with Crippen LogP contribution in [0.4, 0.5) is 0 Å². The Kier molecular flexibility index (Phi) is 5.84. The van der Waals surface area contributed by atoms with Crippen molar-refractivity contribution in [3.63, 3.8) is 0 Å². The topological polar surface area (TPSA) is 48.0 Å². The van der Waals surface area contributed by atoms with E-state index in [-0.39, 0.29) is 11.3 Å². The van der Waals surface area contributed by atoms with E-state index < -0.39 is 0 Å². The number of nitrogens with zero attached hydrogens (tertiary/aromatic N) is 1. The molecule has 1 aliphatic carbocycles. The molecule has 138 valence electrons. The minimum atomic E-state index is -0.260. The molecule has 0 N–H and O–H groups in total. The van der Waals surface area contributed by atoms with Gasteiger partial charge in [-0.2, -0.15) is 0 Å². The zero-order valence-corrected chi connectivity index (χ0v) is 15.3. The van der Waals surface area contributed by atoms with Crippen LogP contribution in [0, 0.1) is 11.3 Å². The van der Waals surface area contributed by atoms with E-state index in [1.165, 1.54) is 0 Å². The molecular weight excluding hydrogens is 318 g/mol. The van der Waals surface area contributed by atoms with Gasteiger partial charge in [0.25, 0.3) is 0 Å². The van der Waals surface area contributed by atoms with Crippen molar-refractivity contribution in [3.05, 3.63) is 24.3 Å². The van der Waals surface area contributed by atoms with Crippen LogP contribution in [0.5, 0.6) is 11.5 Å². The highest BCUT2D eigenvalue weighted by molar-refractivity contribution is 5.84. The van der Waals surface area contributed by atoms with Crippen molar-refractivity contribution in [2.24, 2.45) is 11.3 Å². The largest absolute Gasteiger partial charge is 0.497 e. The number of carbonyl (C=O) groups is 1. The van der Waals surface area contributed by atoms with Gasteiger partial charge >= 0.3 is 0 Å². The second-order valence-corrected chi connectivity index (χ2v) is 7.32. The number of amides is 1. The second kappa shape index (κ2) is 8.09. The fraction of sp³-hybridized carbons (Fsp3) is 0.650. The first-order valence-corrected chi connectivity index (χ1v) is 9.22. The standard InChI is InChI=1S/C20H29NO4/c1-23-15-20(9-5-10-20)19(22)21-11-4-6-16(13-21)14-25-18-8-3-7-17(12-18)24-2/h3,7-8,12,16H,4-6,9-11,13-15H2,1-2H3. The van der Waals surface area contributed by atoms with Gasteiger partial charge in [-0.3, -0.25) is 4.79 Å². The van der Waals surface area contributed by atoms with Crippen LogP contribution in [0.3, 0.4) is 0 Å². The molecule has 1 heterocycles. The molecule has 5 nitrogen and oxygen atoms in total. The predicted octanol–water partition coefficient (Wildman–Crippen LogP) is 3.13. The summed E-state index contributed by atoms with van der Waals surface area (Å²) in [5, 5.41) is 0. The van der Waals surface area contributed by atoms with Gasteiger partial charge in [-0.1, -0.05) is 12.5 Å². The summed E-state index contributed by atoms with van der Waals surface area (Å²) in [6.45, 7) is 2.83. The number of carbonyl (C=O) groups excluding carboxylic acids is 1. The fourth-order valence-electron chi connectivity index (χ4n) is 3.93. The third kappa shape index (κ3) is 4.09. The van der Waals surface area contributed by atoms with Gasteiger partial charge in [0.05, 0.1) is 25.7 Å². The monoisotopic (exact) mass is 347 g/mol. The van der Waals surface area contributed by atoms with Crippen molar-refractivity contribution in [2.75, 3.05) is 40.5 Å². The number of benzene rings is 1. The molecule has 1 aromatic rings. The predicted molar refractivity (Wildman–Crippen MR) is 96.0 cm³/mol. The van der Waals surface area contributed by atoms with Crippen molar-refractivity contribution in [2.45, 2.75) is 32.1 Å². The van der Waals surface area contributed by atoms with Crippen molar-refractivity contribution in [3.8, 4) is 11.5 Å². The van der Waals surface area contributed by atoms with Crippen molar-refractivity contribution >= 4 is 5.91 Å². The zero-order valence-electron chi connectivity index (χ0n) is 15.3. The molecule has 1 amide bonds. The minimum Gasteiger partial charge on any atom is -0.497 e. The van der Waals surface area contributed by atoms with E-state index in [1.807, 2.05) is 29.2 Å². The normalized spacial score (nSPS) is 22.2. The molecule has 0 radical (unpaired) electrons. The highest BCUT2D eigenvalue weighted by atomic mass is 16.5. The molecule has 1 unspecified atom stereocenters. The average molecular weight is 347 g/mol. The Morgan fingerprint density at radius 2 is 2.04 bits per heavy atom. The Morgan fingerprint density at radius 3 is 2.72 bits per heavy atom. The molecule has 0 bridgehead atoms. The molecule has 0 spiro atoms. The first-order valence-electron chi connectivity index (χ1n) is 9.22. The van der Waals surface area contributed by atoms with E-state index in [2.05, 4.69) is 0 Å². The molecule has 5 heteroatoms. The van der Waals surface area contributed by atoms with E-state index >= 15 is 0 Å². The maximum Gasteiger partial charge on any atom is 0.231 e. The van der Waals surface area contributed by atoms with Crippen LogP contribution in [0.15, 0.2) is 24.3 Å². The SMILES string of the molecule is COCC1(C(=O)N2CCCC(COc3cccc(OC)c3)C2)CCC1. The van der Waals surface area contributed by atoms with Gasteiger partial charge in [-0.15, -0.1) is 0 Å². The van der Waals surface area contributed by atoms with Gasteiger partial charge in [-0.05, 0) is 37.8 Å². The Balaban J connectivity index is 1.55. The molecule has 1 aromatic carbocycles. The lowest BCUT2D eigenvalue weighted by atomic mass is 9.68. The molecule has 1 atom stereocenters. The van der Waals surface area contributed by atoms with Crippen LogP contribution < -0.4 is 9.47 Å². The lowest BCUT2D eigenvalue weighted by molar-refractivity contribution is -0.154. The molecule has 2 aliphatic rings. The average Bonchev–Trinajstić information content (AvgIpc) is 2.63. The Labute approximate surface area is 150 Å². The van der Waals surface area contributed by atoms with Crippen LogP contribution >= 0.6 is 0 Å². The Hall–Kier alpha value is -1.75. The Bertz CT molecular complexity index is 585. The zero-order chi connectivity index (χ0) is 17.7. The third-order valence-corrected chi connectivity index (χ3v) is 5.52. The minimum absolute atomic E-state index is 0.260. The van der Waals surface area contributed by atoms with Crippen LogP contribution in [-0.2, 0) is 9.53 Å². The summed E-state index contributed by atoms with van der Waals surface area (Å²) in [4.78, 5) is 15.0. The number of likely N-dealkylation sites (tertiary alicyclic amines) is 1. The number of hydrogen-bond donors (Lipinski definition) is 0. The summed E-state index contributed by atoms with van der Waals surface area (Å²) in [5.74, 6) is 2.28. The lowest BCUT2D eigenvalue weighted by Gasteiger charge is -2.45. The van der Waals surface area contributed by atoms with Gasteiger partial charge in [0.1, 0.15) is 11.5 Å². The van der Waals surface area contributed by atoms with Gasteiger partial charge in [0.15, 0.2) is 0 Å². The number of piperidine rings is 1. The summed E-state index contributed by atoms with van der Waals surface area (Å²) < 4.78 is 16.5. The van der Waals surface area contributed by atoms with E-state index in [4.69, 9.17) is 14.2 Å². The number of rotatable bonds is 7. The van der Waals surface area contributed by atoms with E-state index in [0.717, 1.165) is 56.7 Å². The van der Waals surface area contributed by atoms with E-state index in [9.17, 15) is 4.79 Å². The lowest BCUT2D eigenvalue weighted by Crippen LogP contribution is -2.53. The fourth-order valence-corrected chi connectivity index (χ4v) is 3.93. The summed E-state index contributed by atoms with van der Waals surface area (Å²) >= 11 is 0. The number of hydrogen-bond acceptors (Lipinski definition) is 4. The molecule has 3 rings (SSSR count). The van der Waals surface area contributed by atoms with Crippen LogP contribution in [0.25, 0.3) is 0 Å². The molecule has 25 heavy (non-hydrogen) atoms. The summed E-state index contributed by atoms with van der Waals surface area (Å²) in [6.07, 6.45) is 5.19. The molecule has 2 fully saturated rings. The van der Waals surface area contributed by atoms with Gasteiger partial charge in [0, 0.05) is 32.2 Å². The highest BCUT2D eigenvalue weighted by Crippen LogP contribution is 2.43. The summed E-state index contributed by atoms with van der Waals surface area (Å²) in [7, 11) is 3.34. The van der Waals surface area contributed by atoms with E-state index in [1.54, 1.807) is 14.2 Å². The molecule has 1 aliphatic heterocycles. The van der Waals surface area contributed by atoms with Crippen LogP contribution in [-0.4, -0.2) is 51.3 Å². The smallest absolute Gasteiger partial charge is 0.231 e. The van der Waals surface area contributed by atoms with Crippen molar-refractivity contribution < 1.29 is 19.0 Å². The molecule has 1 saturated carbocycles. The quantitative estimate of drug-likeness (QED) is 0.760. The summed E-state index contributed by atoms with van der Waals surface area (Å²) in [5.41, 5.74) is -0.260. The molecule has 1 saturated heterocycles. The maximum atomic E-state index is 13.0. The third-order valence-electron chi connectivity index (χ3n) is 5.52. The molecule has 0 aromatic heterocycles. The maximum absolute atomic E-state index is 13.0. The highest BCUT2D eigenvalue weighted by Gasteiger charge is 2.47. The van der Waals surface area contributed by atoms with Gasteiger partial charge < -0.3 is 19.1 Å². The summed E-state index contributed by atoms with van der Waals surface area (Å²) in [6, 6.07) is 7.67. The van der Waals surface area contributed by atoms with Crippen LogP contribution in [0.1, 0.15) is 32.1 Å². The first kappa shape index (κ1) is 18.1. The van der Waals surface area contributed by atoms with Crippen molar-refractivity contribution in [1.29, 1.82) is 0 Å². The second-order valence-electron chi connectivity index (χ2n) is 7.32. The van der Waals surface area contributed by atoms with E-state index in [0.29, 0.717) is 19.1 Å². The van der Waals surface area contributed by atoms with Crippen molar-refractivity contribution in [1.82, 2.24) is 4.90 Å². The first-order chi connectivity index (χ1) is 12.2. The van der Waals surface area contributed by atoms with Crippen LogP contribution in [0.2, 0.25) is 0 Å². The van der Waals surface area contributed by atoms with Gasteiger partial charge in [-0.25, -0.2) is 0 Å². The molecular formula is C20H29NO4. The Morgan fingerprint density at radius 1 is 1.24 bits per heavy atom. The van der Waals surface area contributed by atoms with Gasteiger partial charge in [0.2, 0.25) is 5.91 Å². The number of methoxy groups -OCH3 is 2.